The Kier molecular flexibility index (Phi) is 4.59. The standard InChI is InChI=1S/C16H15BrN2O2S/c17-14-7-6-13(22-14)16(21)18-9-10-2-1-3-12(8-10)19-15(20)11-4-5-11/h1-3,6-8,11H,4-5,9H2,(H,18,21)(H,19,20). The first-order valence-electron chi connectivity index (χ1n) is 7.05. The van der Waals surface area contributed by atoms with Crippen LogP contribution in [0.1, 0.15) is 28.1 Å². The van der Waals surface area contributed by atoms with Crippen LogP contribution in [0, 0.1) is 5.92 Å². The number of rotatable bonds is 5. The molecule has 2 aromatic rings. The number of carbonyl (C=O) groups is 2. The molecule has 3 rings (SSSR count). The maximum Gasteiger partial charge on any atom is 0.261 e. The Labute approximate surface area is 141 Å². The van der Waals surface area contributed by atoms with Gasteiger partial charge in [-0.05, 0) is 58.6 Å². The van der Waals surface area contributed by atoms with Crippen LogP contribution in [0.15, 0.2) is 40.2 Å². The number of amides is 2. The van der Waals surface area contributed by atoms with Crippen LogP contribution in [0.25, 0.3) is 0 Å². The van der Waals surface area contributed by atoms with E-state index in [4.69, 9.17) is 0 Å². The van der Waals surface area contributed by atoms with Crippen LogP contribution in [0.5, 0.6) is 0 Å². The summed E-state index contributed by atoms with van der Waals surface area (Å²) >= 11 is 4.74. The number of benzene rings is 1. The minimum Gasteiger partial charge on any atom is -0.347 e. The largest absolute Gasteiger partial charge is 0.347 e. The molecule has 6 heteroatoms. The zero-order chi connectivity index (χ0) is 15.5. The summed E-state index contributed by atoms with van der Waals surface area (Å²) in [7, 11) is 0. The average molecular weight is 379 g/mol. The highest BCUT2D eigenvalue weighted by Crippen LogP contribution is 2.30. The third-order valence-corrected chi connectivity index (χ3v) is 5.02. The lowest BCUT2D eigenvalue weighted by Gasteiger charge is -2.08. The van der Waals surface area contributed by atoms with Crippen molar-refractivity contribution in [1.29, 1.82) is 0 Å². The molecule has 2 amide bonds. The van der Waals surface area contributed by atoms with E-state index in [0.29, 0.717) is 11.4 Å². The van der Waals surface area contributed by atoms with E-state index in [9.17, 15) is 9.59 Å². The monoisotopic (exact) mass is 378 g/mol. The van der Waals surface area contributed by atoms with Gasteiger partial charge in [-0.2, -0.15) is 0 Å². The Morgan fingerprint density at radius 3 is 2.73 bits per heavy atom. The Morgan fingerprint density at radius 2 is 2.05 bits per heavy atom. The van der Waals surface area contributed by atoms with Crippen LogP contribution < -0.4 is 10.6 Å². The van der Waals surface area contributed by atoms with Crippen LogP contribution in [-0.2, 0) is 11.3 Å². The molecule has 1 saturated carbocycles. The van der Waals surface area contributed by atoms with Gasteiger partial charge >= 0.3 is 0 Å². The SMILES string of the molecule is O=C(NCc1cccc(NC(=O)C2CC2)c1)c1ccc(Br)s1. The molecule has 22 heavy (non-hydrogen) atoms. The van der Waals surface area contributed by atoms with Gasteiger partial charge in [0.25, 0.3) is 5.91 Å². The Morgan fingerprint density at radius 1 is 1.23 bits per heavy atom. The molecule has 0 bridgehead atoms. The molecule has 0 spiro atoms. The topological polar surface area (TPSA) is 58.2 Å². The highest BCUT2D eigenvalue weighted by Gasteiger charge is 2.29. The molecule has 2 N–H and O–H groups in total. The first-order chi connectivity index (χ1) is 10.6. The first-order valence-corrected chi connectivity index (χ1v) is 8.66. The van der Waals surface area contributed by atoms with Gasteiger partial charge in [-0.3, -0.25) is 9.59 Å². The van der Waals surface area contributed by atoms with Crippen LogP contribution >= 0.6 is 27.3 Å². The maximum absolute atomic E-state index is 12.0. The number of hydrogen-bond acceptors (Lipinski definition) is 3. The first kappa shape index (κ1) is 15.2. The van der Waals surface area contributed by atoms with Gasteiger partial charge in [-0.1, -0.05) is 12.1 Å². The fourth-order valence-electron chi connectivity index (χ4n) is 2.05. The van der Waals surface area contributed by atoms with Crippen molar-refractivity contribution in [2.45, 2.75) is 19.4 Å². The van der Waals surface area contributed by atoms with Crippen molar-refractivity contribution in [3.8, 4) is 0 Å². The predicted molar refractivity (Wildman–Crippen MR) is 91.0 cm³/mol. The molecule has 1 fully saturated rings. The summed E-state index contributed by atoms with van der Waals surface area (Å²) in [5.74, 6) is 0.174. The third kappa shape index (κ3) is 3.96. The second kappa shape index (κ2) is 6.62. The van der Waals surface area contributed by atoms with E-state index < -0.39 is 0 Å². The molecule has 1 heterocycles. The number of halogens is 1. The second-order valence-corrected chi connectivity index (χ2v) is 7.71. The van der Waals surface area contributed by atoms with Crippen molar-refractivity contribution in [2.24, 2.45) is 5.92 Å². The fraction of sp³-hybridized carbons (Fsp3) is 0.250. The van der Waals surface area contributed by atoms with Crippen LogP contribution in [-0.4, -0.2) is 11.8 Å². The summed E-state index contributed by atoms with van der Waals surface area (Å²) in [6.45, 7) is 0.432. The highest BCUT2D eigenvalue weighted by atomic mass is 79.9. The van der Waals surface area contributed by atoms with Crippen molar-refractivity contribution in [3.63, 3.8) is 0 Å². The third-order valence-electron chi connectivity index (χ3n) is 3.39. The van der Waals surface area contributed by atoms with Gasteiger partial charge in [0.1, 0.15) is 0 Å². The molecule has 0 saturated heterocycles. The second-order valence-electron chi connectivity index (χ2n) is 5.25. The van der Waals surface area contributed by atoms with Crippen molar-refractivity contribution < 1.29 is 9.59 Å². The molecular formula is C16H15BrN2O2S. The molecule has 0 unspecified atom stereocenters. The van der Waals surface area contributed by atoms with Gasteiger partial charge in [-0.15, -0.1) is 11.3 Å². The normalized spacial score (nSPS) is 13.7. The molecule has 0 aliphatic heterocycles. The summed E-state index contributed by atoms with van der Waals surface area (Å²) in [5.41, 5.74) is 1.74. The molecule has 0 atom stereocenters. The lowest BCUT2D eigenvalue weighted by atomic mass is 10.2. The van der Waals surface area contributed by atoms with E-state index in [-0.39, 0.29) is 17.7 Å². The quantitative estimate of drug-likeness (QED) is 0.831. The van der Waals surface area contributed by atoms with Crippen LogP contribution in [0.2, 0.25) is 0 Å². The fourth-order valence-corrected chi connectivity index (χ4v) is 3.36. The zero-order valence-corrected chi connectivity index (χ0v) is 14.2. The molecule has 114 valence electrons. The van der Waals surface area contributed by atoms with Gasteiger partial charge in [-0.25, -0.2) is 0 Å². The van der Waals surface area contributed by atoms with Crippen molar-refractivity contribution >= 4 is 44.8 Å². The van der Waals surface area contributed by atoms with Gasteiger partial charge in [0.2, 0.25) is 5.91 Å². The molecule has 4 nitrogen and oxygen atoms in total. The molecule has 1 aliphatic rings. The lowest BCUT2D eigenvalue weighted by Crippen LogP contribution is -2.22. The van der Waals surface area contributed by atoms with Gasteiger partial charge in [0.05, 0.1) is 8.66 Å². The minimum atomic E-state index is -0.0943. The molecule has 0 radical (unpaired) electrons. The number of anilines is 1. The zero-order valence-electron chi connectivity index (χ0n) is 11.8. The Hall–Kier alpha value is -1.66. The van der Waals surface area contributed by atoms with Crippen LogP contribution in [0.4, 0.5) is 5.69 Å². The number of hydrogen-bond donors (Lipinski definition) is 2. The maximum atomic E-state index is 12.0. The summed E-state index contributed by atoms with van der Waals surface area (Å²) in [6.07, 6.45) is 1.97. The highest BCUT2D eigenvalue weighted by molar-refractivity contribution is 9.11. The van der Waals surface area contributed by atoms with Gasteiger partial charge in [0, 0.05) is 18.2 Å². The van der Waals surface area contributed by atoms with Crippen molar-refractivity contribution in [2.75, 3.05) is 5.32 Å². The summed E-state index contributed by atoms with van der Waals surface area (Å²) in [5, 5.41) is 5.79. The molecular weight excluding hydrogens is 364 g/mol. The van der Waals surface area contributed by atoms with E-state index in [1.54, 1.807) is 6.07 Å². The number of nitrogens with one attached hydrogen (secondary N) is 2. The number of thiophene rings is 1. The predicted octanol–water partition coefficient (Wildman–Crippen LogP) is 3.79. The van der Waals surface area contributed by atoms with E-state index in [0.717, 1.165) is 27.9 Å². The summed E-state index contributed by atoms with van der Waals surface area (Å²) in [6, 6.07) is 11.2. The Bertz CT molecular complexity index is 710. The van der Waals surface area contributed by atoms with Crippen molar-refractivity contribution in [1.82, 2.24) is 5.32 Å². The van der Waals surface area contributed by atoms with Crippen LogP contribution in [0.3, 0.4) is 0 Å². The lowest BCUT2D eigenvalue weighted by molar-refractivity contribution is -0.117. The van der Waals surface area contributed by atoms with E-state index in [1.807, 2.05) is 30.3 Å². The van der Waals surface area contributed by atoms with E-state index in [1.165, 1.54) is 11.3 Å². The summed E-state index contributed by atoms with van der Waals surface area (Å²) < 4.78 is 0.933. The molecule has 1 aromatic carbocycles. The average Bonchev–Trinajstić information content (AvgIpc) is 3.27. The number of carbonyl (C=O) groups excluding carboxylic acids is 2. The van der Waals surface area contributed by atoms with Crippen molar-refractivity contribution in [3.05, 3.63) is 50.6 Å². The van der Waals surface area contributed by atoms with E-state index >= 15 is 0 Å². The van der Waals surface area contributed by atoms with E-state index in [2.05, 4.69) is 26.6 Å². The summed E-state index contributed by atoms with van der Waals surface area (Å²) in [4.78, 5) is 24.4. The van der Waals surface area contributed by atoms with Gasteiger partial charge in [0.15, 0.2) is 0 Å². The molecule has 1 aromatic heterocycles. The molecule has 1 aliphatic carbocycles. The Balaban J connectivity index is 1.58. The van der Waals surface area contributed by atoms with Gasteiger partial charge < -0.3 is 10.6 Å². The minimum absolute atomic E-state index is 0.0876. The smallest absolute Gasteiger partial charge is 0.261 e.